The molecule has 0 unspecified atom stereocenters. The Bertz CT molecular complexity index is 773. The van der Waals surface area contributed by atoms with Crippen molar-refractivity contribution in [2.75, 3.05) is 7.11 Å². The van der Waals surface area contributed by atoms with Gasteiger partial charge in [-0.05, 0) is 42.0 Å². The fourth-order valence-electron chi connectivity index (χ4n) is 1.83. The first kappa shape index (κ1) is 16.1. The van der Waals surface area contributed by atoms with Crippen LogP contribution in [-0.2, 0) is 4.79 Å². The van der Waals surface area contributed by atoms with E-state index in [-0.39, 0.29) is 0 Å². The van der Waals surface area contributed by atoms with Crippen LogP contribution in [0.5, 0.6) is 5.75 Å². The summed E-state index contributed by atoms with van der Waals surface area (Å²) in [4.78, 5) is 10.7. The minimum absolute atomic E-state index is 0.620. The molecule has 0 radical (unpaired) electrons. The van der Waals surface area contributed by atoms with Crippen molar-refractivity contribution in [2.45, 2.75) is 0 Å². The number of ether oxygens (including phenoxy) is 1. The average Bonchev–Trinajstić information content (AvgIpc) is 2.58. The molecule has 0 aromatic heterocycles. The molecular formula is C20H16O3. The number of carboxylic acid groups (broad SMARTS) is 1. The standard InChI is InChI=1S/C20H16O3/c1-23-19-12-9-16(10-13-19)7-8-18(11-14-20(21)22)15-17-5-3-2-4-6-17/h2-6,9-15H,1H3,(H,21,22)/b14-11-,18-15+. The van der Waals surface area contributed by atoms with E-state index in [1.807, 2.05) is 60.7 Å². The number of hydrogen-bond acceptors (Lipinski definition) is 2. The lowest BCUT2D eigenvalue weighted by molar-refractivity contribution is -0.131. The number of hydrogen-bond donors (Lipinski definition) is 1. The smallest absolute Gasteiger partial charge is 0.328 e. The lowest BCUT2D eigenvalue weighted by Gasteiger charge is -1.98. The quantitative estimate of drug-likeness (QED) is 0.531. The highest BCUT2D eigenvalue weighted by Crippen LogP contribution is 2.11. The fraction of sp³-hybridized carbons (Fsp3) is 0.0500. The molecule has 3 heteroatoms. The van der Waals surface area contributed by atoms with E-state index < -0.39 is 5.97 Å². The molecule has 2 rings (SSSR count). The molecule has 0 aliphatic heterocycles. The van der Waals surface area contributed by atoms with Gasteiger partial charge in [-0.15, -0.1) is 0 Å². The number of carboxylic acids is 1. The van der Waals surface area contributed by atoms with Crippen LogP contribution in [0, 0.1) is 11.8 Å². The Labute approximate surface area is 135 Å². The van der Waals surface area contributed by atoms with Crippen LogP contribution in [0.15, 0.2) is 72.3 Å². The van der Waals surface area contributed by atoms with Gasteiger partial charge in [-0.3, -0.25) is 0 Å². The number of allylic oxidation sites excluding steroid dienone is 2. The van der Waals surface area contributed by atoms with Gasteiger partial charge in [-0.1, -0.05) is 42.2 Å². The predicted molar refractivity (Wildman–Crippen MR) is 91.1 cm³/mol. The summed E-state index contributed by atoms with van der Waals surface area (Å²) < 4.78 is 5.10. The average molecular weight is 304 g/mol. The lowest BCUT2D eigenvalue weighted by Crippen LogP contribution is -1.87. The van der Waals surface area contributed by atoms with Gasteiger partial charge in [-0.25, -0.2) is 4.79 Å². The molecule has 1 N–H and O–H groups in total. The zero-order chi connectivity index (χ0) is 16.5. The van der Waals surface area contributed by atoms with Crippen LogP contribution in [0.25, 0.3) is 6.08 Å². The first-order chi connectivity index (χ1) is 11.2. The third kappa shape index (κ3) is 5.56. The van der Waals surface area contributed by atoms with Crippen molar-refractivity contribution >= 4 is 12.0 Å². The molecule has 0 saturated heterocycles. The van der Waals surface area contributed by atoms with Gasteiger partial charge in [0, 0.05) is 17.2 Å². The van der Waals surface area contributed by atoms with Gasteiger partial charge in [0.2, 0.25) is 0 Å². The molecule has 114 valence electrons. The number of aliphatic carboxylic acids is 1. The summed E-state index contributed by atoms with van der Waals surface area (Å²) in [6, 6.07) is 17.0. The molecule has 0 amide bonds. The summed E-state index contributed by atoms with van der Waals surface area (Å²) >= 11 is 0. The Hall–Kier alpha value is -3.25. The maximum absolute atomic E-state index is 10.7. The maximum Gasteiger partial charge on any atom is 0.328 e. The van der Waals surface area contributed by atoms with Gasteiger partial charge in [0.15, 0.2) is 0 Å². The summed E-state index contributed by atoms with van der Waals surface area (Å²) in [7, 11) is 1.61. The van der Waals surface area contributed by atoms with Crippen molar-refractivity contribution in [3.05, 3.63) is 83.4 Å². The molecule has 0 aliphatic rings. The Morgan fingerprint density at radius 1 is 1.04 bits per heavy atom. The Kier molecular flexibility index (Phi) is 5.79. The first-order valence-corrected chi connectivity index (χ1v) is 7.01. The molecule has 0 fully saturated rings. The van der Waals surface area contributed by atoms with Crippen molar-refractivity contribution in [3.63, 3.8) is 0 Å². The van der Waals surface area contributed by atoms with Crippen LogP contribution in [0.2, 0.25) is 0 Å². The van der Waals surface area contributed by atoms with E-state index in [9.17, 15) is 4.79 Å². The molecule has 0 spiro atoms. The van der Waals surface area contributed by atoms with Gasteiger partial charge in [0.1, 0.15) is 5.75 Å². The number of methoxy groups -OCH3 is 1. The van der Waals surface area contributed by atoms with Crippen molar-refractivity contribution in [1.82, 2.24) is 0 Å². The number of carbonyl (C=O) groups is 1. The normalized spacial score (nSPS) is 10.9. The molecule has 0 bridgehead atoms. The van der Waals surface area contributed by atoms with Crippen LogP contribution < -0.4 is 4.74 Å². The third-order valence-electron chi connectivity index (χ3n) is 2.97. The van der Waals surface area contributed by atoms with Crippen LogP contribution in [0.4, 0.5) is 0 Å². The largest absolute Gasteiger partial charge is 0.497 e. The van der Waals surface area contributed by atoms with E-state index in [0.717, 1.165) is 23.0 Å². The Morgan fingerprint density at radius 2 is 1.74 bits per heavy atom. The van der Waals surface area contributed by atoms with E-state index >= 15 is 0 Å². The molecule has 0 aliphatic carbocycles. The van der Waals surface area contributed by atoms with Gasteiger partial charge in [-0.2, -0.15) is 0 Å². The molecule has 0 heterocycles. The molecule has 3 nitrogen and oxygen atoms in total. The highest BCUT2D eigenvalue weighted by Gasteiger charge is 1.94. The summed E-state index contributed by atoms with van der Waals surface area (Å²) in [6.07, 6.45) is 4.42. The number of rotatable bonds is 4. The van der Waals surface area contributed by atoms with E-state index in [4.69, 9.17) is 9.84 Å². The summed E-state index contributed by atoms with van der Waals surface area (Å²) in [5.41, 5.74) is 2.41. The lowest BCUT2D eigenvalue weighted by atomic mass is 10.1. The molecule has 2 aromatic rings. The zero-order valence-electron chi connectivity index (χ0n) is 12.7. The Morgan fingerprint density at radius 3 is 2.35 bits per heavy atom. The summed E-state index contributed by atoms with van der Waals surface area (Å²) in [5.74, 6) is 5.78. The van der Waals surface area contributed by atoms with Crippen LogP contribution in [-0.4, -0.2) is 18.2 Å². The second-order valence-corrected chi connectivity index (χ2v) is 4.66. The van der Waals surface area contributed by atoms with E-state index in [1.165, 1.54) is 6.08 Å². The molecule has 2 aromatic carbocycles. The van der Waals surface area contributed by atoms with Gasteiger partial charge in [0.25, 0.3) is 0 Å². The van der Waals surface area contributed by atoms with Crippen LogP contribution in [0.3, 0.4) is 0 Å². The van der Waals surface area contributed by atoms with Crippen molar-refractivity contribution < 1.29 is 14.6 Å². The SMILES string of the molecule is COc1ccc(C#CC(/C=C\C(=O)O)=C\c2ccccc2)cc1. The molecule has 23 heavy (non-hydrogen) atoms. The van der Waals surface area contributed by atoms with Gasteiger partial charge < -0.3 is 9.84 Å². The summed E-state index contributed by atoms with van der Waals surface area (Å²) in [6.45, 7) is 0. The second kappa shape index (κ2) is 8.26. The van der Waals surface area contributed by atoms with Crippen molar-refractivity contribution in [1.29, 1.82) is 0 Å². The topological polar surface area (TPSA) is 46.5 Å². The van der Waals surface area contributed by atoms with Crippen LogP contribution >= 0.6 is 0 Å². The second-order valence-electron chi connectivity index (χ2n) is 4.66. The molecule has 0 atom stereocenters. The van der Waals surface area contributed by atoms with Crippen molar-refractivity contribution in [3.8, 4) is 17.6 Å². The highest BCUT2D eigenvalue weighted by atomic mass is 16.5. The monoisotopic (exact) mass is 304 g/mol. The van der Waals surface area contributed by atoms with Crippen LogP contribution in [0.1, 0.15) is 11.1 Å². The maximum atomic E-state index is 10.7. The van der Waals surface area contributed by atoms with E-state index in [1.54, 1.807) is 7.11 Å². The predicted octanol–water partition coefficient (Wildman–Crippen LogP) is 3.77. The number of benzene rings is 2. The minimum Gasteiger partial charge on any atom is -0.497 e. The van der Waals surface area contributed by atoms with E-state index in [2.05, 4.69) is 11.8 Å². The zero-order valence-corrected chi connectivity index (χ0v) is 12.7. The third-order valence-corrected chi connectivity index (χ3v) is 2.97. The highest BCUT2D eigenvalue weighted by molar-refractivity contribution is 5.81. The van der Waals surface area contributed by atoms with Gasteiger partial charge >= 0.3 is 5.97 Å². The fourth-order valence-corrected chi connectivity index (χ4v) is 1.83. The van der Waals surface area contributed by atoms with Gasteiger partial charge in [0.05, 0.1) is 7.11 Å². The molecular weight excluding hydrogens is 288 g/mol. The Balaban J connectivity index is 2.29. The van der Waals surface area contributed by atoms with E-state index in [0.29, 0.717) is 5.57 Å². The first-order valence-electron chi connectivity index (χ1n) is 7.01. The minimum atomic E-state index is -1.00. The molecule has 0 saturated carbocycles. The summed E-state index contributed by atoms with van der Waals surface area (Å²) in [5, 5.41) is 8.80. The van der Waals surface area contributed by atoms with Crippen molar-refractivity contribution in [2.24, 2.45) is 0 Å².